The molecule has 0 bridgehead atoms. The maximum absolute atomic E-state index is 12.5. The van der Waals surface area contributed by atoms with Crippen LogP contribution in [-0.2, 0) is 9.53 Å². The summed E-state index contributed by atoms with van der Waals surface area (Å²) in [6, 6.07) is 7.80. The molecule has 6 heteroatoms. The van der Waals surface area contributed by atoms with Crippen LogP contribution in [0.1, 0.15) is 37.7 Å². The molecule has 4 rings (SSSR count). The van der Waals surface area contributed by atoms with Gasteiger partial charge in [-0.3, -0.25) is 9.69 Å². The monoisotopic (exact) mass is 402 g/mol. The van der Waals surface area contributed by atoms with Crippen LogP contribution in [0.25, 0.3) is 0 Å². The van der Waals surface area contributed by atoms with Crippen LogP contribution in [0, 0.1) is 12.3 Å². The van der Waals surface area contributed by atoms with E-state index in [2.05, 4.69) is 4.90 Å². The van der Waals surface area contributed by atoms with Gasteiger partial charge in [0, 0.05) is 26.2 Å². The van der Waals surface area contributed by atoms with Crippen molar-refractivity contribution in [3.8, 4) is 5.75 Å². The van der Waals surface area contributed by atoms with Crippen molar-refractivity contribution in [2.24, 2.45) is 5.41 Å². The van der Waals surface area contributed by atoms with E-state index in [0.29, 0.717) is 0 Å². The van der Waals surface area contributed by atoms with Gasteiger partial charge in [0.15, 0.2) is 6.61 Å². The van der Waals surface area contributed by atoms with E-state index in [9.17, 15) is 9.90 Å². The quantitative estimate of drug-likeness (QED) is 0.818. The summed E-state index contributed by atoms with van der Waals surface area (Å²) in [5.41, 5.74) is 1.40. The fourth-order valence-corrected chi connectivity index (χ4v) is 4.95. The van der Waals surface area contributed by atoms with Crippen molar-refractivity contribution in [1.29, 1.82) is 0 Å². The van der Waals surface area contributed by atoms with E-state index in [0.717, 1.165) is 77.2 Å². The second kappa shape index (κ2) is 9.02. The van der Waals surface area contributed by atoms with E-state index < -0.39 is 0 Å². The molecule has 1 amide bonds. The Morgan fingerprint density at radius 2 is 2.00 bits per heavy atom. The van der Waals surface area contributed by atoms with Crippen LogP contribution in [-0.4, -0.2) is 79.0 Å². The van der Waals surface area contributed by atoms with Gasteiger partial charge in [0.1, 0.15) is 5.75 Å². The van der Waals surface area contributed by atoms with E-state index >= 15 is 0 Å². The molecule has 0 radical (unpaired) electrons. The molecule has 6 nitrogen and oxygen atoms in total. The van der Waals surface area contributed by atoms with E-state index in [-0.39, 0.29) is 30.1 Å². The van der Waals surface area contributed by atoms with Crippen molar-refractivity contribution in [3.05, 3.63) is 29.8 Å². The lowest BCUT2D eigenvalue weighted by molar-refractivity contribution is -0.135. The van der Waals surface area contributed by atoms with Gasteiger partial charge in [-0.25, -0.2) is 0 Å². The highest BCUT2D eigenvalue weighted by Crippen LogP contribution is 2.42. The molecular formula is C23H34N2O4. The lowest BCUT2D eigenvalue weighted by Gasteiger charge is -2.38. The number of aliphatic hydroxyl groups is 1. The minimum absolute atomic E-state index is 0.0678. The highest BCUT2D eigenvalue weighted by atomic mass is 16.5. The molecule has 0 unspecified atom stereocenters. The van der Waals surface area contributed by atoms with E-state index in [1.807, 2.05) is 36.1 Å². The minimum Gasteiger partial charge on any atom is -0.484 e. The van der Waals surface area contributed by atoms with Crippen LogP contribution in [0.15, 0.2) is 24.3 Å². The van der Waals surface area contributed by atoms with Gasteiger partial charge in [0.2, 0.25) is 0 Å². The van der Waals surface area contributed by atoms with Crippen LogP contribution in [0.3, 0.4) is 0 Å². The minimum atomic E-state index is -0.185. The Bertz CT molecular complexity index is 685. The van der Waals surface area contributed by atoms with Crippen LogP contribution in [0.2, 0.25) is 0 Å². The SMILES string of the molecule is Cc1ccc(OCC(=O)N2CCC3(CC2)CO[C@H](CN2CCC[C@H](O)C2)C3)cc1. The van der Waals surface area contributed by atoms with Crippen LogP contribution in [0.5, 0.6) is 5.75 Å². The van der Waals surface area contributed by atoms with E-state index in [1.54, 1.807) is 0 Å². The summed E-state index contributed by atoms with van der Waals surface area (Å²) in [4.78, 5) is 16.8. The van der Waals surface area contributed by atoms with Crippen molar-refractivity contribution < 1.29 is 19.4 Å². The Morgan fingerprint density at radius 1 is 1.24 bits per heavy atom. The number of amides is 1. The molecule has 1 spiro atoms. The summed E-state index contributed by atoms with van der Waals surface area (Å²) in [6.07, 6.45) is 5.14. The molecule has 1 aromatic rings. The number of aliphatic hydroxyl groups excluding tert-OH is 1. The highest BCUT2D eigenvalue weighted by molar-refractivity contribution is 5.77. The highest BCUT2D eigenvalue weighted by Gasteiger charge is 2.43. The molecule has 1 aromatic carbocycles. The molecule has 3 heterocycles. The molecule has 3 aliphatic heterocycles. The smallest absolute Gasteiger partial charge is 0.260 e. The third kappa shape index (κ3) is 5.30. The van der Waals surface area contributed by atoms with Crippen LogP contribution in [0.4, 0.5) is 0 Å². The lowest BCUT2D eigenvalue weighted by Crippen LogP contribution is -2.45. The summed E-state index contributed by atoms with van der Waals surface area (Å²) in [6.45, 7) is 7.27. The van der Waals surface area contributed by atoms with Crippen LogP contribution >= 0.6 is 0 Å². The number of hydrogen-bond donors (Lipinski definition) is 1. The maximum atomic E-state index is 12.5. The number of rotatable bonds is 5. The van der Waals surface area contributed by atoms with E-state index in [1.165, 1.54) is 5.56 Å². The molecular weight excluding hydrogens is 368 g/mol. The normalized spacial score (nSPS) is 27.3. The molecule has 1 N–H and O–H groups in total. The average molecular weight is 403 g/mol. The third-order valence-corrected chi connectivity index (χ3v) is 6.79. The molecule has 0 aliphatic carbocycles. The number of carbonyl (C=O) groups is 1. The fraction of sp³-hybridized carbons (Fsp3) is 0.696. The predicted molar refractivity (Wildman–Crippen MR) is 111 cm³/mol. The first kappa shape index (κ1) is 20.6. The predicted octanol–water partition coefficient (Wildman–Crippen LogP) is 2.23. The second-order valence-corrected chi connectivity index (χ2v) is 9.18. The average Bonchev–Trinajstić information content (AvgIpc) is 3.10. The molecule has 2 atom stereocenters. The number of piperidine rings is 2. The summed E-state index contributed by atoms with van der Waals surface area (Å²) in [5.74, 6) is 0.811. The van der Waals surface area contributed by atoms with Gasteiger partial charge in [-0.15, -0.1) is 0 Å². The topological polar surface area (TPSA) is 62.2 Å². The number of benzene rings is 1. The van der Waals surface area contributed by atoms with Gasteiger partial charge in [0.05, 0.1) is 18.8 Å². The summed E-state index contributed by atoms with van der Waals surface area (Å²) in [7, 11) is 0. The molecule has 3 aliphatic rings. The number of ether oxygens (including phenoxy) is 2. The van der Waals surface area contributed by atoms with Crippen molar-refractivity contribution in [1.82, 2.24) is 9.80 Å². The maximum Gasteiger partial charge on any atom is 0.260 e. The lowest BCUT2D eigenvalue weighted by atomic mass is 9.76. The summed E-state index contributed by atoms with van der Waals surface area (Å²) >= 11 is 0. The number of β-amino-alcohol motifs (C(OH)–C–C–N with tert-alkyl or cyclic N) is 1. The van der Waals surface area contributed by atoms with Crippen molar-refractivity contribution in [2.75, 3.05) is 45.9 Å². The Labute approximate surface area is 173 Å². The zero-order valence-corrected chi connectivity index (χ0v) is 17.5. The van der Waals surface area contributed by atoms with Gasteiger partial charge in [-0.2, -0.15) is 0 Å². The Kier molecular flexibility index (Phi) is 6.42. The number of nitrogens with zero attached hydrogens (tertiary/aromatic N) is 2. The molecule has 160 valence electrons. The Hall–Kier alpha value is -1.63. The van der Waals surface area contributed by atoms with Crippen molar-refractivity contribution >= 4 is 5.91 Å². The molecule has 0 saturated carbocycles. The number of carbonyl (C=O) groups excluding carboxylic acids is 1. The summed E-state index contributed by atoms with van der Waals surface area (Å²) < 4.78 is 11.8. The van der Waals surface area contributed by atoms with Gasteiger partial charge < -0.3 is 19.5 Å². The first-order valence-electron chi connectivity index (χ1n) is 11.0. The number of aryl methyl sites for hydroxylation is 1. The molecule has 0 aromatic heterocycles. The Balaban J connectivity index is 1.20. The second-order valence-electron chi connectivity index (χ2n) is 9.18. The summed E-state index contributed by atoms with van der Waals surface area (Å²) in [5, 5.41) is 9.88. The van der Waals surface area contributed by atoms with Gasteiger partial charge in [0.25, 0.3) is 5.91 Å². The number of hydrogen-bond acceptors (Lipinski definition) is 5. The molecule has 3 fully saturated rings. The largest absolute Gasteiger partial charge is 0.484 e. The van der Waals surface area contributed by atoms with Crippen molar-refractivity contribution in [3.63, 3.8) is 0 Å². The third-order valence-electron chi connectivity index (χ3n) is 6.79. The molecule has 3 saturated heterocycles. The zero-order valence-electron chi connectivity index (χ0n) is 17.5. The molecule has 29 heavy (non-hydrogen) atoms. The van der Waals surface area contributed by atoms with Crippen LogP contribution < -0.4 is 4.74 Å². The van der Waals surface area contributed by atoms with Gasteiger partial charge in [-0.1, -0.05) is 17.7 Å². The standard InChI is InChI=1S/C23H34N2O4/c1-18-4-6-20(7-5-18)28-16-22(27)25-11-8-23(9-12-25)13-21(29-17-23)15-24-10-2-3-19(26)14-24/h4-7,19,21,26H,2-3,8-17H2,1H3/t19-,21-/m0/s1. The first-order valence-corrected chi connectivity index (χ1v) is 11.0. The van der Waals surface area contributed by atoms with Gasteiger partial charge in [-0.05, 0) is 63.1 Å². The van der Waals surface area contributed by atoms with Gasteiger partial charge >= 0.3 is 0 Å². The fourth-order valence-electron chi connectivity index (χ4n) is 4.95. The van der Waals surface area contributed by atoms with Crippen molar-refractivity contribution in [2.45, 2.75) is 51.2 Å². The Morgan fingerprint density at radius 3 is 2.72 bits per heavy atom. The number of likely N-dealkylation sites (tertiary alicyclic amines) is 2. The first-order chi connectivity index (χ1) is 14.0. The zero-order chi connectivity index (χ0) is 20.3. The van der Waals surface area contributed by atoms with E-state index in [4.69, 9.17) is 9.47 Å².